The van der Waals surface area contributed by atoms with Gasteiger partial charge >= 0.3 is 5.91 Å². The molecule has 5 rings (SSSR count). The number of hydrogen-bond donors (Lipinski definition) is 2. The summed E-state index contributed by atoms with van der Waals surface area (Å²) in [5.74, 6) is -2.32. The van der Waals surface area contributed by atoms with Crippen molar-refractivity contribution < 1.29 is 29.3 Å². The smallest absolute Gasteiger partial charge is 0.301 e. The lowest BCUT2D eigenvalue weighted by Gasteiger charge is -2.23. The zero-order valence-electron chi connectivity index (χ0n) is 19.7. The quantitative estimate of drug-likeness (QED) is 0.153. The molecule has 1 amide bonds. The third-order valence-electron chi connectivity index (χ3n) is 5.99. The van der Waals surface area contributed by atoms with Crippen molar-refractivity contribution in [3.8, 4) is 17.2 Å². The molecule has 4 aromatic rings. The van der Waals surface area contributed by atoms with Crippen molar-refractivity contribution in [2.45, 2.75) is 6.04 Å². The Labute approximate surface area is 235 Å². The number of phenolic OH excluding ortho intramolecular Hbond substituents is 1. The number of hydrogen-bond acceptors (Lipinski definition) is 8. The van der Waals surface area contributed by atoms with Crippen molar-refractivity contribution in [1.82, 2.24) is 4.98 Å². The minimum absolute atomic E-state index is 0.00398. The number of fused-ring (bicyclic) bond motifs is 1. The van der Waals surface area contributed by atoms with Crippen LogP contribution in [0.4, 0.5) is 5.13 Å². The second-order valence-corrected chi connectivity index (χ2v) is 10.4. The number of aliphatic hydroxyl groups is 1. The van der Waals surface area contributed by atoms with Crippen LogP contribution < -0.4 is 14.4 Å². The maximum absolute atomic E-state index is 13.5. The number of carbonyl (C=O) groups excluding carboxylic acids is 2. The summed E-state index contributed by atoms with van der Waals surface area (Å²) in [5, 5.41) is 22.1. The van der Waals surface area contributed by atoms with Crippen LogP contribution in [-0.2, 0) is 9.59 Å². The monoisotopic (exact) mass is 590 g/mol. The zero-order chi connectivity index (χ0) is 27.3. The highest BCUT2D eigenvalue weighted by Gasteiger charge is 2.48. The third-order valence-corrected chi connectivity index (χ3v) is 7.87. The highest BCUT2D eigenvalue weighted by Crippen LogP contribution is 2.49. The number of ketones is 1. The molecule has 1 aliphatic heterocycles. The minimum atomic E-state index is -1.10. The number of rotatable bonds is 5. The van der Waals surface area contributed by atoms with Crippen LogP contribution in [0.3, 0.4) is 0 Å². The summed E-state index contributed by atoms with van der Waals surface area (Å²) in [7, 11) is 2.70. The van der Waals surface area contributed by atoms with Crippen LogP contribution in [0.1, 0.15) is 17.2 Å². The molecular formula is C26H17Cl3N2O6S. The van der Waals surface area contributed by atoms with E-state index < -0.39 is 23.5 Å². The predicted molar refractivity (Wildman–Crippen MR) is 147 cm³/mol. The highest BCUT2D eigenvalue weighted by atomic mass is 35.5. The van der Waals surface area contributed by atoms with E-state index in [0.717, 1.165) is 11.3 Å². The van der Waals surface area contributed by atoms with Crippen LogP contribution in [-0.4, -0.2) is 41.1 Å². The van der Waals surface area contributed by atoms with Gasteiger partial charge in [0.1, 0.15) is 16.5 Å². The molecule has 3 aromatic carbocycles. The third kappa shape index (κ3) is 4.21. The van der Waals surface area contributed by atoms with Gasteiger partial charge in [0.05, 0.1) is 46.6 Å². The van der Waals surface area contributed by atoms with Crippen molar-refractivity contribution in [2.75, 3.05) is 19.1 Å². The number of halogens is 3. The van der Waals surface area contributed by atoms with Gasteiger partial charge in [-0.3, -0.25) is 14.5 Å². The second-order valence-electron chi connectivity index (χ2n) is 8.16. The molecule has 1 saturated heterocycles. The lowest BCUT2D eigenvalue weighted by molar-refractivity contribution is -0.132. The summed E-state index contributed by atoms with van der Waals surface area (Å²) in [6.45, 7) is 0. The molecule has 0 spiro atoms. The van der Waals surface area contributed by atoms with Gasteiger partial charge < -0.3 is 19.7 Å². The van der Waals surface area contributed by atoms with Gasteiger partial charge in [-0.2, -0.15) is 0 Å². The Balaban J connectivity index is 1.78. The van der Waals surface area contributed by atoms with E-state index in [0.29, 0.717) is 20.8 Å². The number of aromatic hydroxyl groups is 1. The molecule has 12 heteroatoms. The fourth-order valence-corrected chi connectivity index (χ4v) is 6.24. The van der Waals surface area contributed by atoms with Crippen molar-refractivity contribution in [2.24, 2.45) is 0 Å². The lowest BCUT2D eigenvalue weighted by Crippen LogP contribution is -2.29. The molecule has 1 unspecified atom stereocenters. The van der Waals surface area contributed by atoms with E-state index in [9.17, 15) is 19.8 Å². The van der Waals surface area contributed by atoms with Crippen molar-refractivity contribution in [1.29, 1.82) is 0 Å². The number of aromatic nitrogens is 1. The fraction of sp³-hybridized carbons (Fsp3) is 0.115. The molecule has 2 heterocycles. The number of thiazole rings is 1. The van der Waals surface area contributed by atoms with E-state index in [4.69, 9.17) is 44.3 Å². The summed E-state index contributed by atoms with van der Waals surface area (Å²) in [6.07, 6.45) is 0. The maximum atomic E-state index is 13.5. The Morgan fingerprint density at radius 3 is 2.34 bits per heavy atom. The molecule has 0 bridgehead atoms. The number of nitrogens with zero attached hydrogens (tertiary/aromatic N) is 2. The van der Waals surface area contributed by atoms with E-state index >= 15 is 0 Å². The second kappa shape index (κ2) is 9.99. The number of ether oxygens (including phenoxy) is 2. The summed E-state index contributed by atoms with van der Waals surface area (Å²) < 4.78 is 11.3. The molecule has 0 saturated carbocycles. The molecule has 1 fully saturated rings. The first-order chi connectivity index (χ1) is 18.2. The number of amides is 1. The maximum Gasteiger partial charge on any atom is 0.301 e. The zero-order valence-corrected chi connectivity index (χ0v) is 22.7. The van der Waals surface area contributed by atoms with E-state index in [1.54, 1.807) is 30.3 Å². The molecular weight excluding hydrogens is 575 g/mol. The van der Waals surface area contributed by atoms with Crippen LogP contribution in [0.2, 0.25) is 15.1 Å². The highest BCUT2D eigenvalue weighted by molar-refractivity contribution is 7.22. The predicted octanol–water partition coefficient (Wildman–Crippen LogP) is 6.61. The largest absolute Gasteiger partial charge is 0.508 e. The van der Waals surface area contributed by atoms with Gasteiger partial charge in [0.25, 0.3) is 5.78 Å². The SMILES string of the molecule is COc1c(Cl)cc(/C(O)=C2\C(=O)C(=O)N(c3nc4ccc(Cl)cc4s3)C2c2ccc(O)cc2)c(OC)c1Cl. The fourth-order valence-electron chi connectivity index (χ4n) is 4.28. The molecule has 194 valence electrons. The van der Waals surface area contributed by atoms with Gasteiger partial charge in [-0.05, 0) is 42.0 Å². The molecule has 0 radical (unpaired) electrons. The van der Waals surface area contributed by atoms with E-state index in [1.165, 1.54) is 37.3 Å². The van der Waals surface area contributed by atoms with Crippen molar-refractivity contribution in [3.05, 3.63) is 80.3 Å². The van der Waals surface area contributed by atoms with Crippen molar-refractivity contribution in [3.63, 3.8) is 0 Å². The number of aliphatic hydroxyl groups excluding tert-OH is 1. The number of carbonyl (C=O) groups is 2. The molecule has 1 aliphatic rings. The Kier molecular flexibility index (Phi) is 6.87. The Morgan fingerprint density at radius 1 is 1.00 bits per heavy atom. The van der Waals surface area contributed by atoms with Crippen molar-refractivity contribution >= 4 is 78.9 Å². The number of anilines is 1. The van der Waals surface area contributed by atoms with Gasteiger partial charge in [-0.1, -0.05) is 58.3 Å². The first-order valence-corrected chi connectivity index (χ1v) is 12.9. The molecule has 1 aromatic heterocycles. The molecule has 1 atom stereocenters. The number of Topliss-reactive ketones (excluding diaryl/α,β-unsaturated/α-hetero) is 1. The standard InChI is InChI=1S/C26H17Cl3N2O6S/c1-36-23-14(10-15(28)24(37-2)19(23)29)21(33)18-20(11-3-6-13(32)7-4-11)31(25(35)22(18)34)26-30-16-8-5-12(27)9-17(16)38-26/h3-10,20,32-33H,1-2H3/b21-18+. The van der Waals surface area contributed by atoms with Gasteiger partial charge in [0, 0.05) is 5.02 Å². The van der Waals surface area contributed by atoms with Crippen LogP contribution in [0.25, 0.3) is 16.0 Å². The minimum Gasteiger partial charge on any atom is -0.508 e. The topological polar surface area (TPSA) is 109 Å². The molecule has 2 N–H and O–H groups in total. The van der Waals surface area contributed by atoms with Crippen LogP contribution in [0, 0.1) is 0 Å². The van der Waals surface area contributed by atoms with Gasteiger partial charge in [-0.25, -0.2) is 4.98 Å². The molecule has 0 aliphatic carbocycles. The number of benzene rings is 3. The summed E-state index contributed by atoms with van der Waals surface area (Å²) in [6, 6.07) is 11.2. The first-order valence-electron chi connectivity index (χ1n) is 10.9. The van der Waals surface area contributed by atoms with E-state index in [2.05, 4.69) is 4.98 Å². The summed E-state index contributed by atoms with van der Waals surface area (Å²) in [5.41, 5.74) is 0.761. The van der Waals surface area contributed by atoms with Crippen LogP contribution in [0.15, 0.2) is 54.1 Å². The Bertz CT molecular complexity index is 1650. The first kappa shape index (κ1) is 26.1. The normalized spacial score (nSPS) is 16.9. The van der Waals surface area contributed by atoms with E-state index in [1.807, 2.05) is 0 Å². The average molecular weight is 592 g/mol. The lowest BCUT2D eigenvalue weighted by atomic mass is 9.95. The average Bonchev–Trinajstić information content (AvgIpc) is 3.41. The van der Waals surface area contributed by atoms with Crippen LogP contribution >= 0.6 is 46.1 Å². The van der Waals surface area contributed by atoms with Gasteiger partial charge in [0.2, 0.25) is 0 Å². The molecule has 38 heavy (non-hydrogen) atoms. The van der Waals surface area contributed by atoms with Gasteiger partial charge in [-0.15, -0.1) is 0 Å². The van der Waals surface area contributed by atoms with Crippen LogP contribution in [0.5, 0.6) is 17.2 Å². The number of methoxy groups -OCH3 is 2. The molecule has 8 nitrogen and oxygen atoms in total. The van der Waals surface area contributed by atoms with E-state index in [-0.39, 0.29) is 43.6 Å². The summed E-state index contributed by atoms with van der Waals surface area (Å²) in [4.78, 5) is 32.7. The Morgan fingerprint density at radius 2 is 1.68 bits per heavy atom. The van der Waals surface area contributed by atoms with Gasteiger partial charge in [0.15, 0.2) is 16.6 Å². The summed E-state index contributed by atoms with van der Waals surface area (Å²) >= 11 is 20.0. The Hall–Kier alpha value is -3.50. The number of phenols is 1.